The highest BCUT2D eigenvalue weighted by atomic mass is 32.1. The first-order valence-electron chi connectivity index (χ1n) is 5.25. The number of aromatic nitrogens is 1. The van der Waals surface area contributed by atoms with E-state index in [-0.39, 0.29) is 11.3 Å². The summed E-state index contributed by atoms with van der Waals surface area (Å²) in [6, 6.07) is 4.70. The molecule has 2 aromatic rings. The second-order valence-corrected chi connectivity index (χ2v) is 4.84. The van der Waals surface area contributed by atoms with Crippen molar-refractivity contribution in [1.29, 1.82) is 0 Å². The summed E-state index contributed by atoms with van der Waals surface area (Å²) in [5, 5.41) is 12.3. The van der Waals surface area contributed by atoms with Gasteiger partial charge in [0.15, 0.2) is 5.13 Å². The minimum atomic E-state index is -0.655. The number of aromatic hydroxyl groups is 1. The largest absolute Gasteiger partial charge is 0.507 e. The summed E-state index contributed by atoms with van der Waals surface area (Å²) in [6.45, 7) is 0. The fourth-order valence-corrected chi connectivity index (χ4v) is 2.26. The molecular weight excluding hydrogens is 250 g/mol. The predicted octanol–water partition coefficient (Wildman–Crippen LogP) is 1.68. The zero-order valence-corrected chi connectivity index (χ0v) is 10.9. The van der Waals surface area contributed by atoms with Crippen molar-refractivity contribution in [1.82, 2.24) is 4.98 Å². The number of carbonyl (C=O) groups is 1. The van der Waals surface area contributed by atoms with E-state index in [1.807, 2.05) is 24.4 Å². The molecule has 0 aliphatic carbocycles. The molecule has 0 unspecified atom stereocenters. The van der Waals surface area contributed by atoms with Gasteiger partial charge in [0.05, 0.1) is 11.3 Å². The van der Waals surface area contributed by atoms with E-state index >= 15 is 0 Å². The number of anilines is 1. The molecule has 2 rings (SSSR count). The quantitative estimate of drug-likeness (QED) is 0.883. The van der Waals surface area contributed by atoms with Crippen LogP contribution in [-0.4, -0.2) is 30.1 Å². The number of nitrogens with zero attached hydrogens (tertiary/aromatic N) is 2. The first-order chi connectivity index (χ1) is 8.49. The van der Waals surface area contributed by atoms with Crippen LogP contribution in [0.3, 0.4) is 0 Å². The molecule has 1 aromatic heterocycles. The third-order valence-electron chi connectivity index (χ3n) is 2.43. The van der Waals surface area contributed by atoms with E-state index in [2.05, 4.69) is 4.98 Å². The third-order valence-corrected chi connectivity index (χ3v) is 3.44. The van der Waals surface area contributed by atoms with Crippen molar-refractivity contribution in [2.24, 2.45) is 5.73 Å². The highest BCUT2D eigenvalue weighted by molar-refractivity contribution is 7.14. The van der Waals surface area contributed by atoms with Gasteiger partial charge in [-0.25, -0.2) is 4.98 Å². The van der Waals surface area contributed by atoms with E-state index < -0.39 is 5.91 Å². The number of hydrogen-bond acceptors (Lipinski definition) is 5. The van der Waals surface area contributed by atoms with Crippen LogP contribution in [0, 0.1) is 0 Å². The SMILES string of the molecule is CN(C)c1nc(-c2ccc(O)c(C(N)=O)c2)cs1. The number of amides is 1. The molecule has 0 fully saturated rings. The smallest absolute Gasteiger partial charge is 0.252 e. The lowest BCUT2D eigenvalue weighted by Gasteiger charge is -2.06. The number of hydrogen-bond donors (Lipinski definition) is 2. The highest BCUT2D eigenvalue weighted by Gasteiger charge is 2.11. The van der Waals surface area contributed by atoms with Crippen molar-refractivity contribution in [2.75, 3.05) is 19.0 Å². The van der Waals surface area contributed by atoms with Crippen LogP contribution in [0.4, 0.5) is 5.13 Å². The lowest BCUT2D eigenvalue weighted by Crippen LogP contribution is -2.11. The van der Waals surface area contributed by atoms with E-state index in [1.165, 1.54) is 17.4 Å². The van der Waals surface area contributed by atoms with Crippen LogP contribution in [0.5, 0.6) is 5.75 Å². The number of phenols is 1. The van der Waals surface area contributed by atoms with Gasteiger partial charge in [0.2, 0.25) is 0 Å². The predicted molar refractivity (Wildman–Crippen MR) is 72.1 cm³/mol. The Morgan fingerprint density at radius 2 is 2.17 bits per heavy atom. The van der Waals surface area contributed by atoms with Crippen molar-refractivity contribution in [2.45, 2.75) is 0 Å². The van der Waals surface area contributed by atoms with Crippen LogP contribution < -0.4 is 10.6 Å². The number of primary amides is 1. The van der Waals surface area contributed by atoms with Crippen LogP contribution in [0.1, 0.15) is 10.4 Å². The molecule has 1 amide bonds. The van der Waals surface area contributed by atoms with E-state index in [0.717, 1.165) is 16.4 Å². The summed E-state index contributed by atoms with van der Waals surface area (Å²) in [7, 11) is 3.82. The Balaban J connectivity index is 2.44. The van der Waals surface area contributed by atoms with Crippen molar-refractivity contribution in [3.63, 3.8) is 0 Å². The molecule has 0 bridgehead atoms. The third kappa shape index (κ3) is 2.28. The Labute approximate surface area is 108 Å². The van der Waals surface area contributed by atoms with Crippen LogP contribution in [-0.2, 0) is 0 Å². The van der Waals surface area contributed by atoms with Gasteiger partial charge in [-0.1, -0.05) is 0 Å². The molecule has 3 N–H and O–H groups in total. The molecule has 0 aliphatic heterocycles. The van der Waals surface area contributed by atoms with Gasteiger partial charge in [0.25, 0.3) is 5.91 Å². The summed E-state index contributed by atoms with van der Waals surface area (Å²) in [4.78, 5) is 17.5. The first kappa shape index (κ1) is 12.4. The summed E-state index contributed by atoms with van der Waals surface area (Å²) in [6.07, 6.45) is 0. The number of carbonyl (C=O) groups excluding carboxylic acids is 1. The van der Waals surface area contributed by atoms with Crippen LogP contribution in [0.15, 0.2) is 23.6 Å². The number of benzene rings is 1. The second-order valence-electron chi connectivity index (χ2n) is 4.01. The minimum Gasteiger partial charge on any atom is -0.507 e. The van der Waals surface area contributed by atoms with Gasteiger partial charge < -0.3 is 15.7 Å². The Kier molecular flexibility index (Phi) is 3.20. The van der Waals surface area contributed by atoms with Crippen molar-refractivity contribution < 1.29 is 9.90 Å². The maximum Gasteiger partial charge on any atom is 0.252 e. The summed E-state index contributed by atoms with van der Waals surface area (Å²) >= 11 is 1.51. The molecular formula is C12H13N3O2S. The Morgan fingerprint density at radius 1 is 1.44 bits per heavy atom. The Hall–Kier alpha value is -2.08. The summed E-state index contributed by atoms with van der Waals surface area (Å²) in [5.74, 6) is -0.772. The fraction of sp³-hybridized carbons (Fsp3) is 0.167. The standard InChI is InChI=1S/C12H13N3O2S/c1-15(2)12-14-9(6-18-12)7-3-4-10(16)8(5-7)11(13)17/h3-6,16H,1-2H3,(H2,13,17). The normalized spacial score (nSPS) is 10.3. The molecule has 18 heavy (non-hydrogen) atoms. The molecule has 1 aromatic carbocycles. The van der Waals surface area contributed by atoms with Gasteiger partial charge in [-0.05, 0) is 18.2 Å². The van der Waals surface area contributed by atoms with Crippen LogP contribution in [0.25, 0.3) is 11.3 Å². The van der Waals surface area contributed by atoms with Gasteiger partial charge in [-0.2, -0.15) is 0 Å². The van der Waals surface area contributed by atoms with Gasteiger partial charge >= 0.3 is 0 Å². The molecule has 0 saturated heterocycles. The molecule has 0 radical (unpaired) electrons. The van der Waals surface area contributed by atoms with Crippen LogP contribution in [0.2, 0.25) is 0 Å². The second kappa shape index (κ2) is 4.66. The van der Waals surface area contributed by atoms with E-state index in [4.69, 9.17) is 5.73 Å². The minimum absolute atomic E-state index is 0.104. The van der Waals surface area contributed by atoms with E-state index in [9.17, 15) is 9.90 Å². The molecule has 1 heterocycles. The van der Waals surface area contributed by atoms with E-state index in [0.29, 0.717) is 0 Å². The molecule has 5 nitrogen and oxygen atoms in total. The Morgan fingerprint density at radius 3 is 2.72 bits per heavy atom. The van der Waals surface area contributed by atoms with Crippen molar-refractivity contribution in [3.05, 3.63) is 29.1 Å². The molecule has 0 aliphatic rings. The monoisotopic (exact) mass is 263 g/mol. The van der Waals surface area contributed by atoms with Gasteiger partial charge in [-0.3, -0.25) is 4.79 Å². The summed E-state index contributed by atoms with van der Waals surface area (Å²) < 4.78 is 0. The number of rotatable bonds is 3. The highest BCUT2D eigenvalue weighted by Crippen LogP contribution is 2.29. The average molecular weight is 263 g/mol. The maximum absolute atomic E-state index is 11.2. The van der Waals surface area contributed by atoms with E-state index in [1.54, 1.807) is 12.1 Å². The molecule has 94 valence electrons. The molecule has 6 heteroatoms. The molecule has 0 saturated carbocycles. The van der Waals surface area contributed by atoms with Crippen molar-refractivity contribution in [3.8, 4) is 17.0 Å². The molecule has 0 atom stereocenters. The summed E-state index contributed by atoms with van der Waals surface area (Å²) in [5.41, 5.74) is 6.80. The van der Waals surface area contributed by atoms with Crippen molar-refractivity contribution >= 4 is 22.4 Å². The zero-order chi connectivity index (χ0) is 13.3. The van der Waals surface area contributed by atoms with Gasteiger partial charge in [0.1, 0.15) is 5.75 Å². The zero-order valence-electron chi connectivity index (χ0n) is 10.0. The van der Waals surface area contributed by atoms with Gasteiger partial charge in [-0.15, -0.1) is 11.3 Å². The average Bonchev–Trinajstić information content (AvgIpc) is 2.78. The topological polar surface area (TPSA) is 79.4 Å². The number of nitrogens with two attached hydrogens (primary N) is 1. The maximum atomic E-state index is 11.2. The van der Waals surface area contributed by atoms with Gasteiger partial charge in [0, 0.05) is 25.0 Å². The fourth-order valence-electron chi connectivity index (χ4n) is 1.49. The molecule has 0 spiro atoms. The Bertz CT molecular complexity index is 593. The number of thiazole rings is 1. The lowest BCUT2D eigenvalue weighted by molar-refractivity contribution is 0.0998. The first-order valence-corrected chi connectivity index (χ1v) is 6.13. The lowest BCUT2D eigenvalue weighted by atomic mass is 10.1. The van der Waals surface area contributed by atoms with Crippen LogP contribution >= 0.6 is 11.3 Å².